The molecule has 0 saturated carbocycles. The Morgan fingerprint density at radius 2 is 0.925 bits per heavy atom. The Morgan fingerprint density at radius 1 is 0.525 bits per heavy atom. The number of unbranched alkanes of at least 4 members (excludes halogenated alkanes) is 2. The zero-order chi connectivity index (χ0) is 56.1. The summed E-state index contributed by atoms with van der Waals surface area (Å²) in [5.41, 5.74) is 5.52. The van der Waals surface area contributed by atoms with Gasteiger partial charge in [-0.05, 0) is 153 Å². The first kappa shape index (κ1) is 57.4. The Hall–Kier alpha value is -7.32. The van der Waals surface area contributed by atoms with Crippen molar-refractivity contribution in [2.24, 2.45) is 0 Å². The molecule has 0 aliphatic carbocycles. The minimum Gasteiger partial charge on any atom is -0.343 e. The average molecular weight is 1090 g/mol. The van der Waals surface area contributed by atoms with Crippen LogP contribution in [-0.4, -0.2) is 138 Å². The molecule has 6 amide bonds. The van der Waals surface area contributed by atoms with Gasteiger partial charge in [-0.3, -0.25) is 38.1 Å². The predicted molar refractivity (Wildman–Crippen MR) is 301 cm³/mol. The third-order valence-corrected chi connectivity index (χ3v) is 16.8. The lowest BCUT2D eigenvalue weighted by atomic mass is 10.0. The lowest BCUT2D eigenvalue weighted by Crippen LogP contribution is -2.56. The van der Waals surface area contributed by atoms with Crippen LogP contribution in [0.25, 0.3) is 0 Å². The predicted octanol–water partition coefficient (Wildman–Crippen LogP) is 4.60. The maximum atomic E-state index is 14.2. The highest BCUT2D eigenvalue weighted by Crippen LogP contribution is 2.35. The molecule has 4 aliphatic rings. The van der Waals surface area contributed by atoms with E-state index in [1.54, 1.807) is 37.7 Å². The van der Waals surface area contributed by atoms with Crippen molar-refractivity contribution in [3.63, 3.8) is 0 Å². The Kier molecular flexibility index (Phi) is 19.5. The first-order chi connectivity index (χ1) is 38.9. The summed E-state index contributed by atoms with van der Waals surface area (Å²) < 4.78 is 3.67. The Balaban J connectivity index is 0.729. The Labute approximate surface area is 469 Å². The second-order valence-corrected chi connectivity index (χ2v) is 22.2. The molecule has 0 unspecified atom stereocenters. The van der Waals surface area contributed by atoms with E-state index in [1.807, 2.05) is 82.4 Å². The molecule has 80 heavy (non-hydrogen) atoms. The molecule has 4 fully saturated rings. The number of nitrogens with one attached hydrogen (secondary N) is 6. The monoisotopic (exact) mass is 1090 g/mol. The summed E-state index contributed by atoms with van der Waals surface area (Å²) in [4.78, 5) is 85.3. The smallest absolute Gasteiger partial charge is 0.246 e. The van der Waals surface area contributed by atoms with E-state index in [9.17, 15) is 28.8 Å². The summed E-state index contributed by atoms with van der Waals surface area (Å²) in [5, 5.41) is 36.2. The fourth-order valence-corrected chi connectivity index (χ4v) is 12.0. The van der Waals surface area contributed by atoms with E-state index in [4.69, 9.17) is 0 Å². The minimum atomic E-state index is -0.669. The van der Waals surface area contributed by atoms with Gasteiger partial charge in [0.1, 0.15) is 35.6 Å². The molecule has 9 rings (SSSR count). The summed E-state index contributed by atoms with van der Waals surface area (Å²) >= 11 is 0. The number of carbonyl (C=O) groups is 6. The van der Waals surface area contributed by atoms with Gasteiger partial charge in [-0.15, -0.1) is 10.2 Å². The normalized spacial score (nSPS) is 22.5. The number of nitrogens with zero attached hydrogens (tertiary/aromatic N) is 8. The second-order valence-electron chi connectivity index (χ2n) is 22.2. The molecule has 2 aromatic heterocycles. The van der Waals surface area contributed by atoms with Crippen LogP contribution < -0.4 is 31.9 Å². The molecule has 0 bridgehead atoms. The van der Waals surface area contributed by atoms with E-state index in [2.05, 4.69) is 76.8 Å². The Morgan fingerprint density at radius 3 is 1.31 bits per heavy atom. The number of fused-ring (bicyclic) bond motifs is 2. The van der Waals surface area contributed by atoms with Crippen molar-refractivity contribution in [3.8, 4) is 0 Å². The van der Waals surface area contributed by atoms with Crippen LogP contribution >= 0.6 is 0 Å². The zero-order valence-corrected chi connectivity index (χ0v) is 46.8. The number of rotatable bonds is 24. The van der Waals surface area contributed by atoms with Crippen molar-refractivity contribution >= 4 is 35.4 Å². The second kappa shape index (κ2) is 27.2. The third-order valence-electron chi connectivity index (χ3n) is 16.8. The largest absolute Gasteiger partial charge is 0.343 e. The van der Waals surface area contributed by atoms with E-state index in [-0.39, 0.29) is 47.5 Å². The molecule has 3 aromatic carbocycles. The lowest BCUT2D eigenvalue weighted by Gasteiger charge is -2.31. The van der Waals surface area contributed by atoms with Crippen LogP contribution in [0.15, 0.2) is 97.3 Å². The molecule has 20 nitrogen and oxygen atoms in total. The summed E-state index contributed by atoms with van der Waals surface area (Å²) in [6, 6.07) is 23.5. The van der Waals surface area contributed by atoms with Gasteiger partial charge >= 0.3 is 0 Å². The van der Waals surface area contributed by atoms with Crippen molar-refractivity contribution in [1.29, 1.82) is 0 Å². The lowest BCUT2D eigenvalue weighted by molar-refractivity contribution is -0.143. The number of likely N-dealkylation sites (N-methyl/N-ethyl adjacent to an activating group) is 2. The molecule has 4 saturated heterocycles. The van der Waals surface area contributed by atoms with Crippen molar-refractivity contribution < 1.29 is 28.8 Å². The van der Waals surface area contributed by atoms with Crippen LogP contribution in [-0.2, 0) is 54.7 Å². The minimum absolute atomic E-state index is 0.0415. The number of aromatic nitrogens is 6. The molecule has 426 valence electrons. The van der Waals surface area contributed by atoms with Gasteiger partial charge in [-0.2, -0.15) is 0 Å². The van der Waals surface area contributed by atoms with E-state index in [1.165, 1.54) is 11.1 Å². The fourth-order valence-electron chi connectivity index (χ4n) is 12.0. The molecular weight excluding hydrogens is 1010 g/mol. The summed E-state index contributed by atoms with van der Waals surface area (Å²) in [7, 11) is 3.41. The third kappa shape index (κ3) is 14.0. The van der Waals surface area contributed by atoms with Gasteiger partial charge in [0.25, 0.3) is 0 Å². The molecule has 6 heterocycles. The van der Waals surface area contributed by atoms with Crippen molar-refractivity contribution in [3.05, 3.63) is 131 Å². The molecule has 20 heteroatoms. The molecule has 0 radical (unpaired) electrons. The van der Waals surface area contributed by atoms with Crippen LogP contribution in [0.1, 0.15) is 149 Å². The molecule has 4 aliphatic heterocycles. The van der Waals surface area contributed by atoms with Gasteiger partial charge in [-0.1, -0.05) is 95.4 Å². The maximum Gasteiger partial charge on any atom is 0.246 e. The molecule has 5 aromatic rings. The quantitative estimate of drug-likeness (QED) is 0.0465. The summed E-state index contributed by atoms with van der Waals surface area (Å²) in [6.07, 6.45) is 16.2. The van der Waals surface area contributed by atoms with Crippen molar-refractivity contribution in [2.45, 2.75) is 190 Å². The van der Waals surface area contributed by atoms with Gasteiger partial charge in [0, 0.05) is 25.2 Å². The molecule has 10 atom stereocenters. The molecular formula is C60H80N14O6. The number of hydrogen-bond acceptors (Lipinski definition) is 12. The van der Waals surface area contributed by atoms with Gasteiger partial charge in [-0.25, -0.2) is 0 Å². The van der Waals surface area contributed by atoms with Gasteiger partial charge in [0.2, 0.25) is 35.4 Å². The highest BCUT2D eigenvalue weighted by molar-refractivity contribution is 5.95. The maximum absolute atomic E-state index is 14.2. The topological polar surface area (TPSA) is 242 Å². The van der Waals surface area contributed by atoms with E-state index >= 15 is 0 Å². The summed E-state index contributed by atoms with van der Waals surface area (Å²) in [5.74, 6) is -1.34. The number of carbonyl (C=O) groups excluding carboxylic acids is 6. The van der Waals surface area contributed by atoms with Crippen LogP contribution in [0.3, 0.4) is 0 Å². The number of hydrogen-bond donors (Lipinski definition) is 6. The van der Waals surface area contributed by atoms with Crippen LogP contribution in [0.4, 0.5) is 0 Å². The molecule has 0 spiro atoms. The van der Waals surface area contributed by atoms with Gasteiger partial charge in [0.05, 0.1) is 36.6 Å². The van der Waals surface area contributed by atoms with E-state index in [0.29, 0.717) is 50.2 Å². The Bertz CT molecular complexity index is 2690. The number of benzene rings is 3. The first-order valence-electron chi connectivity index (χ1n) is 29.1. The highest BCUT2D eigenvalue weighted by Gasteiger charge is 2.47. The van der Waals surface area contributed by atoms with Crippen LogP contribution in [0.2, 0.25) is 0 Å². The van der Waals surface area contributed by atoms with Gasteiger partial charge < -0.3 is 41.7 Å². The number of aryl methyl sites for hydroxylation is 4. The number of amides is 6. The van der Waals surface area contributed by atoms with E-state index in [0.717, 1.165) is 88.2 Å². The fraction of sp³-hybridized carbons (Fsp3) is 0.533. The van der Waals surface area contributed by atoms with Crippen molar-refractivity contribution in [2.75, 3.05) is 14.1 Å². The van der Waals surface area contributed by atoms with E-state index < -0.39 is 48.3 Å². The highest BCUT2D eigenvalue weighted by atomic mass is 16.2. The standard InChI is InChI=1S/C60H80N14O6/c1-39(61-3)55(75)63-47-25-15-23-45-31-33-51(73(45)59(47)79)57(77)65-53(43-19-7-5-8-20-43)49-37-71(69-67-49)35-13-11-17-41-27-29-42(30-28-41)18-12-14-36-72-38-50(68-70-72)54(44-21-9-6-10-22-44)66-58(78)52-34-32-46-24-16-26-48(60(80)74(46)52)64-56(76)40(2)62-4/h5-10,19-22,27-30,37-40,45-48,51-54,61-62H,11-18,23-26,31-36H2,1-4H3,(H,63,75)(H,64,76)(H,65,77)(H,66,78)/t39-,40-,45-,46-,47-,48-,51-,52-,53-,54-/m0/s1. The zero-order valence-electron chi connectivity index (χ0n) is 46.8. The first-order valence-corrected chi connectivity index (χ1v) is 29.1. The SMILES string of the molecule is CN[C@@H](C)C(=O)N[C@H]1CCC[C@H]2CC[C@@H](C(=O)N[C@@H](c3ccccc3)c3cn(CCCCc4ccc(CCCCn5cc([C@@H](NC(=O)[C@@H]6CC[C@@H]7CCC[C@H](NC(=O)[C@H](C)NC)C(=O)N76)c6ccccc6)nn5)cc4)nn3)N2C1=O. The average Bonchev–Trinajstić information content (AvgIpc) is 4.35. The van der Waals surface area contributed by atoms with Gasteiger partial charge in [0.15, 0.2) is 0 Å². The van der Waals surface area contributed by atoms with Crippen molar-refractivity contribution in [1.82, 2.24) is 71.7 Å². The summed E-state index contributed by atoms with van der Waals surface area (Å²) in [6.45, 7) is 4.85. The molecule has 6 N–H and O–H groups in total. The van der Waals surface area contributed by atoms with Crippen LogP contribution in [0, 0.1) is 0 Å². The van der Waals surface area contributed by atoms with Crippen LogP contribution in [0.5, 0.6) is 0 Å².